The summed E-state index contributed by atoms with van der Waals surface area (Å²) in [4.78, 5) is 12.4. The molecule has 0 aliphatic heterocycles. The highest BCUT2D eigenvalue weighted by atomic mass is 35.5. The highest BCUT2D eigenvalue weighted by Gasteiger charge is 2.31. The number of carbonyl (C=O) groups excluding carboxylic acids is 1. The number of nitrogens with one attached hydrogen (secondary N) is 2. The molecule has 1 fully saturated rings. The van der Waals surface area contributed by atoms with Gasteiger partial charge in [0.1, 0.15) is 5.82 Å². The maximum Gasteiger partial charge on any atom is 0.258 e. The Labute approximate surface area is 186 Å². The lowest BCUT2D eigenvalue weighted by Crippen LogP contribution is -2.43. The van der Waals surface area contributed by atoms with Crippen LogP contribution >= 0.6 is 23.2 Å². The van der Waals surface area contributed by atoms with Crippen LogP contribution in [0.2, 0.25) is 10.0 Å². The molecule has 162 valence electrons. The number of halogens is 3. The Kier molecular flexibility index (Phi) is 7.07. The Hall–Kier alpha value is -1.67. The van der Waals surface area contributed by atoms with E-state index in [0.29, 0.717) is 10.9 Å². The van der Waals surface area contributed by atoms with Crippen LogP contribution in [-0.2, 0) is 10.0 Å². The molecule has 3 atom stereocenters. The topological polar surface area (TPSA) is 75.3 Å². The minimum Gasteiger partial charge on any atom is -0.321 e. The highest BCUT2D eigenvalue weighted by Crippen LogP contribution is 2.31. The molecule has 1 aliphatic rings. The molecule has 1 saturated carbocycles. The normalized spacial score (nSPS) is 22.0. The summed E-state index contributed by atoms with van der Waals surface area (Å²) in [6.45, 7) is 4.13. The van der Waals surface area contributed by atoms with E-state index in [-0.39, 0.29) is 27.6 Å². The fourth-order valence-corrected chi connectivity index (χ4v) is 5.48. The summed E-state index contributed by atoms with van der Waals surface area (Å²) in [7, 11) is -3.92. The Balaban J connectivity index is 1.84. The van der Waals surface area contributed by atoms with E-state index in [1.807, 2.05) is 6.92 Å². The van der Waals surface area contributed by atoms with E-state index in [9.17, 15) is 17.6 Å². The van der Waals surface area contributed by atoms with Crippen molar-refractivity contribution in [1.29, 1.82) is 0 Å². The van der Waals surface area contributed by atoms with Gasteiger partial charge in [-0.15, -0.1) is 0 Å². The molecule has 9 heteroatoms. The van der Waals surface area contributed by atoms with Crippen LogP contribution in [0.3, 0.4) is 0 Å². The molecular formula is C21H23Cl2FN2O3S. The Morgan fingerprint density at radius 3 is 2.53 bits per heavy atom. The van der Waals surface area contributed by atoms with Crippen LogP contribution in [0.5, 0.6) is 0 Å². The van der Waals surface area contributed by atoms with Gasteiger partial charge in [0, 0.05) is 11.1 Å². The van der Waals surface area contributed by atoms with Crippen LogP contribution < -0.4 is 10.0 Å². The molecular weight excluding hydrogens is 450 g/mol. The molecule has 1 amide bonds. The predicted molar refractivity (Wildman–Crippen MR) is 117 cm³/mol. The van der Waals surface area contributed by atoms with Crippen molar-refractivity contribution in [2.75, 3.05) is 5.32 Å². The van der Waals surface area contributed by atoms with E-state index in [0.717, 1.165) is 37.5 Å². The molecule has 5 nitrogen and oxygen atoms in total. The Bertz CT molecular complexity index is 1060. The number of sulfonamides is 1. The quantitative estimate of drug-likeness (QED) is 0.603. The van der Waals surface area contributed by atoms with Crippen molar-refractivity contribution < 1.29 is 17.6 Å². The lowest BCUT2D eigenvalue weighted by atomic mass is 9.78. The monoisotopic (exact) mass is 472 g/mol. The molecule has 0 aromatic heterocycles. The van der Waals surface area contributed by atoms with Gasteiger partial charge >= 0.3 is 0 Å². The third-order valence-electron chi connectivity index (χ3n) is 5.69. The second-order valence-corrected chi connectivity index (χ2v) is 10.3. The zero-order valence-electron chi connectivity index (χ0n) is 16.6. The van der Waals surface area contributed by atoms with Crippen LogP contribution in [0.15, 0.2) is 41.3 Å². The number of benzene rings is 2. The van der Waals surface area contributed by atoms with Crippen molar-refractivity contribution in [3.8, 4) is 0 Å². The van der Waals surface area contributed by atoms with Crippen molar-refractivity contribution >= 4 is 44.8 Å². The van der Waals surface area contributed by atoms with E-state index in [1.165, 1.54) is 18.2 Å². The lowest BCUT2D eigenvalue weighted by molar-refractivity contribution is 0.102. The first-order valence-electron chi connectivity index (χ1n) is 9.67. The zero-order chi connectivity index (χ0) is 22.1. The molecule has 1 aliphatic carbocycles. The molecule has 3 rings (SSSR count). The van der Waals surface area contributed by atoms with Gasteiger partial charge in [-0.05, 0) is 54.7 Å². The number of carbonyl (C=O) groups is 1. The summed E-state index contributed by atoms with van der Waals surface area (Å²) in [5.74, 6) is -1.06. The van der Waals surface area contributed by atoms with E-state index in [1.54, 1.807) is 0 Å². The lowest BCUT2D eigenvalue weighted by Gasteiger charge is -2.34. The molecule has 0 bridgehead atoms. The summed E-state index contributed by atoms with van der Waals surface area (Å²) >= 11 is 11.9. The van der Waals surface area contributed by atoms with Crippen LogP contribution in [0.4, 0.5) is 10.1 Å². The average Bonchev–Trinajstić information content (AvgIpc) is 2.67. The first-order valence-corrected chi connectivity index (χ1v) is 11.9. The van der Waals surface area contributed by atoms with Crippen molar-refractivity contribution in [3.05, 3.63) is 57.8 Å². The maximum atomic E-state index is 14.3. The first-order chi connectivity index (χ1) is 14.1. The smallest absolute Gasteiger partial charge is 0.258 e. The first kappa shape index (κ1) is 23.0. The molecule has 0 spiro atoms. The fourth-order valence-electron chi connectivity index (χ4n) is 3.64. The Morgan fingerprint density at radius 2 is 1.83 bits per heavy atom. The minimum atomic E-state index is -3.92. The van der Waals surface area contributed by atoms with E-state index < -0.39 is 27.3 Å². The van der Waals surface area contributed by atoms with Crippen molar-refractivity contribution in [1.82, 2.24) is 4.72 Å². The molecule has 2 N–H and O–H groups in total. The standard InChI is InChI=1S/C21H23Cl2FN2O3S/c1-12-4-3-5-19(13(12)2)26-30(28,29)15-7-8-18(24)16(11-15)21(27)25-20-9-6-14(22)10-17(20)23/h6-13,19,26H,3-5H2,1-2H3,(H,25,27)/t12-,13-,19+/m1/s1. The number of hydrogen-bond acceptors (Lipinski definition) is 3. The summed E-state index contributed by atoms with van der Waals surface area (Å²) < 4.78 is 42.8. The fraction of sp³-hybridized carbons (Fsp3) is 0.381. The van der Waals surface area contributed by atoms with Gasteiger partial charge in [0.15, 0.2) is 0 Å². The van der Waals surface area contributed by atoms with E-state index in [4.69, 9.17) is 23.2 Å². The summed E-state index contributed by atoms with van der Waals surface area (Å²) in [6, 6.07) is 7.40. The predicted octanol–water partition coefficient (Wildman–Crippen LogP) is 5.49. The summed E-state index contributed by atoms with van der Waals surface area (Å²) in [6.07, 6.45) is 2.75. The molecule has 2 aromatic carbocycles. The Morgan fingerprint density at radius 1 is 1.10 bits per heavy atom. The molecule has 0 radical (unpaired) electrons. The van der Waals surface area contributed by atoms with Gasteiger partial charge in [-0.2, -0.15) is 0 Å². The highest BCUT2D eigenvalue weighted by molar-refractivity contribution is 7.89. The maximum absolute atomic E-state index is 14.3. The van der Waals surface area contributed by atoms with Gasteiger partial charge in [0.25, 0.3) is 5.91 Å². The van der Waals surface area contributed by atoms with Gasteiger partial charge in [-0.3, -0.25) is 4.79 Å². The largest absolute Gasteiger partial charge is 0.321 e. The van der Waals surface area contributed by atoms with Gasteiger partial charge in [0.05, 0.1) is 21.2 Å². The van der Waals surface area contributed by atoms with Crippen LogP contribution in [-0.4, -0.2) is 20.4 Å². The van der Waals surface area contributed by atoms with Gasteiger partial charge in [0.2, 0.25) is 10.0 Å². The molecule has 0 saturated heterocycles. The molecule has 30 heavy (non-hydrogen) atoms. The van der Waals surface area contributed by atoms with Gasteiger partial charge in [-0.1, -0.05) is 49.9 Å². The molecule has 0 unspecified atom stereocenters. The number of hydrogen-bond donors (Lipinski definition) is 2. The van der Waals surface area contributed by atoms with Crippen LogP contribution in [0.1, 0.15) is 43.5 Å². The van der Waals surface area contributed by atoms with Crippen molar-refractivity contribution in [2.45, 2.75) is 44.0 Å². The van der Waals surface area contributed by atoms with E-state index >= 15 is 0 Å². The number of rotatable bonds is 5. The second-order valence-electron chi connectivity index (χ2n) is 7.72. The number of amides is 1. The average molecular weight is 473 g/mol. The molecule has 2 aromatic rings. The van der Waals surface area contributed by atoms with Gasteiger partial charge in [-0.25, -0.2) is 17.5 Å². The summed E-state index contributed by atoms with van der Waals surface area (Å²) in [5.41, 5.74) is -0.157. The van der Waals surface area contributed by atoms with Gasteiger partial charge < -0.3 is 5.32 Å². The summed E-state index contributed by atoms with van der Waals surface area (Å²) in [5, 5.41) is 3.05. The second kappa shape index (κ2) is 9.22. The number of anilines is 1. The minimum absolute atomic E-state index is 0.165. The van der Waals surface area contributed by atoms with Crippen LogP contribution in [0, 0.1) is 17.7 Å². The SMILES string of the molecule is C[C@@H]1[C@H](C)CCC[C@@H]1NS(=O)(=O)c1ccc(F)c(C(=O)Nc2ccc(Cl)cc2Cl)c1. The van der Waals surface area contributed by atoms with Crippen LogP contribution in [0.25, 0.3) is 0 Å². The van der Waals surface area contributed by atoms with E-state index in [2.05, 4.69) is 17.0 Å². The molecule has 0 heterocycles. The third-order valence-corrected chi connectivity index (χ3v) is 7.72. The van der Waals surface area contributed by atoms with Crippen molar-refractivity contribution in [3.63, 3.8) is 0 Å². The zero-order valence-corrected chi connectivity index (χ0v) is 18.9. The third kappa shape index (κ3) is 5.14. The van der Waals surface area contributed by atoms with Crippen molar-refractivity contribution in [2.24, 2.45) is 11.8 Å².